The highest BCUT2D eigenvalue weighted by Crippen LogP contribution is 2.45. The number of benzene rings is 3. The summed E-state index contributed by atoms with van der Waals surface area (Å²) in [6.07, 6.45) is 6.26. The normalized spacial score (nSPS) is 22.5. The number of aliphatic carboxylic acids is 2. The lowest BCUT2D eigenvalue weighted by Gasteiger charge is -2.28. The molecule has 0 amide bonds. The van der Waals surface area contributed by atoms with Crippen molar-refractivity contribution < 1.29 is 38.9 Å². The van der Waals surface area contributed by atoms with Gasteiger partial charge in [-0.15, -0.1) is 0 Å². The van der Waals surface area contributed by atoms with E-state index in [-0.39, 0.29) is 0 Å². The monoisotopic (exact) mass is 574 g/mol. The van der Waals surface area contributed by atoms with Crippen LogP contribution in [0.15, 0.2) is 36.4 Å². The van der Waals surface area contributed by atoms with Gasteiger partial charge in [0, 0.05) is 21.5 Å². The highest BCUT2D eigenvalue weighted by molar-refractivity contribution is 6.13. The summed E-state index contributed by atoms with van der Waals surface area (Å²) >= 11 is 0. The van der Waals surface area contributed by atoms with Crippen molar-refractivity contribution in [1.29, 1.82) is 0 Å². The predicted octanol–water partition coefficient (Wildman–Crippen LogP) is 6.71. The average molecular weight is 575 g/mol. The highest BCUT2D eigenvalue weighted by Gasteiger charge is 2.39. The molecule has 0 aliphatic heterocycles. The number of carbonyl (C=O) groups is 4. The lowest BCUT2D eigenvalue weighted by Crippen LogP contribution is -2.35. The van der Waals surface area contributed by atoms with Gasteiger partial charge in [0.1, 0.15) is 11.5 Å². The van der Waals surface area contributed by atoms with Crippen molar-refractivity contribution in [2.24, 2.45) is 23.7 Å². The summed E-state index contributed by atoms with van der Waals surface area (Å²) < 4.78 is 12.3. The molecule has 8 heteroatoms. The molecule has 0 heterocycles. The van der Waals surface area contributed by atoms with E-state index in [4.69, 9.17) is 9.47 Å². The van der Waals surface area contributed by atoms with Crippen LogP contribution in [-0.2, 0) is 32.0 Å². The first-order valence-electron chi connectivity index (χ1n) is 15.1. The number of hydrogen-bond donors (Lipinski definition) is 2. The van der Waals surface area contributed by atoms with E-state index in [1.807, 2.05) is 50.2 Å². The molecule has 4 unspecified atom stereocenters. The van der Waals surface area contributed by atoms with Gasteiger partial charge in [0.05, 0.1) is 23.7 Å². The molecule has 5 rings (SSSR count). The van der Waals surface area contributed by atoms with Crippen molar-refractivity contribution in [3.05, 3.63) is 47.5 Å². The summed E-state index contributed by atoms with van der Waals surface area (Å²) in [4.78, 5) is 51.1. The molecule has 2 N–H and O–H groups in total. The van der Waals surface area contributed by atoms with Gasteiger partial charge in [0.15, 0.2) is 0 Å². The smallest absolute Gasteiger partial charge is 0.315 e. The fraction of sp³-hybridized carbons (Fsp3) is 0.471. The van der Waals surface area contributed by atoms with Crippen LogP contribution in [0.3, 0.4) is 0 Å². The second-order valence-electron chi connectivity index (χ2n) is 11.6. The first kappa shape index (κ1) is 29.5. The molecule has 0 saturated heterocycles. The van der Waals surface area contributed by atoms with Crippen LogP contribution in [0.2, 0.25) is 0 Å². The summed E-state index contributed by atoms with van der Waals surface area (Å²) in [7, 11) is 0. The number of hydrogen-bond acceptors (Lipinski definition) is 6. The van der Waals surface area contributed by atoms with Crippen LogP contribution >= 0.6 is 0 Å². The molecule has 4 atom stereocenters. The maximum absolute atomic E-state index is 13.6. The molecule has 2 aliphatic rings. The fourth-order valence-electron chi connectivity index (χ4n) is 6.67. The molecule has 0 spiro atoms. The maximum atomic E-state index is 13.6. The van der Waals surface area contributed by atoms with Crippen LogP contribution in [0.5, 0.6) is 11.5 Å². The third-order valence-electron chi connectivity index (χ3n) is 9.14. The lowest BCUT2D eigenvalue weighted by atomic mass is 9.79. The molecule has 42 heavy (non-hydrogen) atoms. The Morgan fingerprint density at radius 1 is 0.595 bits per heavy atom. The zero-order chi connectivity index (χ0) is 30.0. The van der Waals surface area contributed by atoms with Crippen LogP contribution in [0.25, 0.3) is 21.5 Å². The van der Waals surface area contributed by atoms with E-state index < -0.39 is 47.5 Å². The van der Waals surface area contributed by atoms with Crippen LogP contribution in [0.4, 0.5) is 0 Å². The van der Waals surface area contributed by atoms with E-state index in [1.165, 1.54) is 0 Å². The topological polar surface area (TPSA) is 127 Å². The SMILES string of the molecule is CCc1ccc2c(OC(=O)C3CCCCC3C(=O)O)c3cc(CC)ccc3c(OC(=O)C3CCCCC3C(=O)O)c2c1. The molecule has 8 nitrogen and oxygen atoms in total. The zero-order valence-corrected chi connectivity index (χ0v) is 24.2. The van der Waals surface area contributed by atoms with E-state index in [1.54, 1.807) is 0 Å². The minimum Gasteiger partial charge on any atom is -0.481 e. The molecule has 3 aromatic rings. The van der Waals surface area contributed by atoms with E-state index >= 15 is 0 Å². The van der Waals surface area contributed by atoms with Crippen molar-refractivity contribution >= 4 is 45.4 Å². The van der Waals surface area contributed by atoms with E-state index in [2.05, 4.69) is 0 Å². The first-order valence-corrected chi connectivity index (χ1v) is 15.1. The molecule has 0 radical (unpaired) electrons. The van der Waals surface area contributed by atoms with Crippen molar-refractivity contribution in [2.75, 3.05) is 0 Å². The molecular weight excluding hydrogens is 536 g/mol. The number of carboxylic acid groups (broad SMARTS) is 2. The van der Waals surface area contributed by atoms with Gasteiger partial charge in [-0.2, -0.15) is 0 Å². The number of fused-ring (bicyclic) bond motifs is 2. The van der Waals surface area contributed by atoms with Gasteiger partial charge in [-0.1, -0.05) is 63.8 Å². The average Bonchev–Trinajstić information content (AvgIpc) is 3.01. The van der Waals surface area contributed by atoms with Crippen LogP contribution in [-0.4, -0.2) is 34.1 Å². The van der Waals surface area contributed by atoms with Gasteiger partial charge >= 0.3 is 23.9 Å². The minimum absolute atomic E-state index is 0.318. The molecule has 2 fully saturated rings. The number of ether oxygens (including phenoxy) is 2. The van der Waals surface area contributed by atoms with Crippen molar-refractivity contribution in [3.8, 4) is 11.5 Å². The van der Waals surface area contributed by atoms with Gasteiger partial charge in [0.2, 0.25) is 0 Å². The maximum Gasteiger partial charge on any atom is 0.315 e. The second kappa shape index (κ2) is 12.5. The summed E-state index contributed by atoms with van der Waals surface area (Å²) in [5, 5.41) is 21.9. The molecule has 2 aliphatic carbocycles. The Labute approximate surface area is 245 Å². The van der Waals surface area contributed by atoms with Gasteiger partial charge in [-0.05, 0) is 61.8 Å². The summed E-state index contributed by atoms with van der Waals surface area (Å²) in [6.45, 7) is 4.02. The van der Waals surface area contributed by atoms with Gasteiger partial charge in [0.25, 0.3) is 0 Å². The van der Waals surface area contributed by atoms with Crippen LogP contribution in [0, 0.1) is 23.7 Å². The Morgan fingerprint density at radius 2 is 0.952 bits per heavy atom. The molecule has 2 saturated carbocycles. The third kappa shape index (κ3) is 5.72. The summed E-state index contributed by atoms with van der Waals surface area (Å²) in [6, 6.07) is 11.4. The zero-order valence-electron chi connectivity index (χ0n) is 24.2. The first-order chi connectivity index (χ1) is 20.2. The van der Waals surface area contributed by atoms with E-state index in [0.29, 0.717) is 58.7 Å². The lowest BCUT2D eigenvalue weighted by molar-refractivity contribution is -0.154. The van der Waals surface area contributed by atoms with Gasteiger partial charge in [-0.3, -0.25) is 19.2 Å². The molecular formula is C34H38O8. The third-order valence-corrected chi connectivity index (χ3v) is 9.14. The van der Waals surface area contributed by atoms with Crippen molar-refractivity contribution in [3.63, 3.8) is 0 Å². The predicted molar refractivity (Wildman–Crippen MR) is 158 cm³/mol. The molecule has 0 aromatic heterocycles. The number of rotatable bonds is 8. The Bertz CT molecular complexity index is 1420. The minimum atomic E-state index is -0.989. The summed E-state index contributed by atoms with van der Waals surface area (Å²) in [5.74, 6) is -5.56. The Kier molecular flexibility index (Phi) is 8.80. The number of aryl methyl sites for hydroxylation is 2. The van der Waals surface area contributed by atoms with Gasteiger partial charge < -0.3 is 19.7 Å². The Morgan fingerprint density at radius 3 is 1.29 bits per heavy atom. The summed E-state index contributed by atoms with van der Waals surface area (Å²) in [5.41, 5.74) is 1.97. The highest BCUT2D eigenvalue weighted by atomic mass is 16.5. The molecule has 3 aromatic carbocycles. The standard InChI is InChI=1S/C34H38O8/c1-3-19-13-15-21-27(17-19)29(41-33(39)25-11-7-5-9-23(25)31(35)36)22-16-14-20(4-2)18-28(22)30(21)42-34(40)26-12-8-6-10-24(26)32(37)38/h13-18,23-26H,3-12H2,1-2H3,(H,35,36)(H,37,38). The number of carbonyl (C=O) groups excluding carboxylic acids is 2. The Balaban J connectivity index is 1.66. The Hall–Kier alpha value is -3.94. The quantitative estimate of drug-likeness (QED) is 0.173. The van der Waals surface area contributed by atoms with Crippen LogP contribution in [0.1, 0.15) is 76.3 Å². The van der Waals surface area contributed by atoms with E-state index in [0.717, 1.165) is 49.7 Å². The largest absolute Gasteiger partial charge is 0.481 e. The number of esters is 2. The van der Waals surface area contributed by atoms with E-state index in [9.17, 15) is 29.4 Å². The van der Waals surface area contributed by atoms with Crippen molar-refractivity contribution in [2.45, 2.75) is 78.1 Å². The van der Waals surface area contributed by atoms with Crippen LogP contribution < -0.4 is 9.47 Å². The molecule has 0 bridgehead atoms. The van der Waals surface area contributed by atoms with Crippen molar-refractivity contribution in [1.82, 2.24) is 0 Å². The fourth-order valence-corrected chi connectivity index (χ4v) is 6.67. The number of carboxylic acids is 2. The second-order valence-corrected chi connectivity index (χ2v) is 11.6. The van der Waals surface area contributed by atoms with Gasteiger partial charge in [-0.25, -0.2) is 0 Å². The molecule has 222 valence electrons.